The van der Waals surface area contributed by atoms with Crippen LogP contribution in [0, 0.1) is 5.82 Å². The van der Waals surface area contributed by atoms with Gasteiger partial charge in [-0.25, -0.2) is 12.8 Å². The van der Waals surface area contributed by atoms with Gasteiger partial charge in [0.1, 0.15) is 16.5 Å². The first kappa shape index (κ1) is 26.9. The first-order valence-electron chi connectivity index (χ1n) is 12.3. The van der Waals surface area contributed by atoms with E-state index in [-0.39, 0.29) is 28.1 Å². The second-order valence-electron chi connectivity index (χ2n) is 9.16. The van der Waals surface area contributed by atoms with Gasteiger partial charge in [-0.2, -0.15) is 0 Å². The van der Waals surface area contributed by atoms with Gasteiger partial charge in [-0.05, 0) is 36.4 Å². The molecule has 0 atom stereocenters. The molecule has 1 aliphatic heterocycles. The van der Waals surface area contributed by atoms with Crippen molar-refractivity contribution in [2.75, 3.05) is 38.0 Å². The van der Waals surface area contributed by atoms with Gasteiger partial charge in [0.2, 0.25) is 0 Å². The van der Waals surface area contributed by atoms with Gasteiger partial charge in [0.05, 0.1) is 23.9 Å². The van der Waals surface area contributed by atoms with Gasteiger partial charge in [-0.15, -0.1) is 0 Å². The van der Waals surface area contributed by atoms with Crippen LogP contribution >= 0.6 is 11.6 Å². The molecule has 1 N–H and O–H groups in total. The minimum absolute atomic E-state index is 0.0519. The van der Waals surface area contributed by atoms with Crippen LogP contribution in [0.1, 0.15) is 15.9 Å². The van der Waals surface area contributed by atoms with E-state index in [1.54, 1.807) is 53.6 Å². The summed E-state index contributed by atoms with van der Waals surface area (Å²) >= 11 is 5.84. The largest absolute Gasteiger partial charge is 0.496 e. The number of carbonyl (C=O) groups is 1. The summed E-state index contributed by atoms with van der Waals surface area (Å²) in [5.41, 5.74) is 1.50. The molecule has 4 aromatic rings. The Morgan fingerprint density at radius 3 is 2.56 bits per heavy atom. The number of nitrogens with zero attached hydrogens (tertiary/aromatic N) is 3. The molecule has 0 aliphatic carbocycles. The molecular formula is C28H26ClFN4O4S. The maximum absolute atomic E-state index is 14.2. The van der Waals surface area contributed by atoms with E-state index in [0.29, 0.717) is 59.8 Å². The zero-order chi connectivity index (χ0) is 27.6. The summed E-state index contributed by atoms with van der Waals surface area (Å²) in [6.45, 7) is 2.49. The molecular weight excluding hydrogens is 543 g/mol. The summed E-state index contributed by atoms with van der Waals surface area (Å²) in [4.78, 5) is 21.4. The Kier molecular flexibility index (Phi) is 7.69. The predicted molar refractivity (Wildman–Crippen MR) is 148 cm³/mol. The summed E-state index contributed by atoms with van der Waals surface area (Å²) in [6, 6.07) is 17.7. The first-order valence-corrected chi connectivity index (χ1v) is 14.1. The number of ether oxygens (including phenoxy) is 1. The van der Waals surface area contributed by atoms with E-state index in [9.17, 15) is 17.6 Å². The fraction of sp³-hybridized carbons (Fsp3) is 0.214. The number of aromatic nitrogens is 1. The van der Waals surface area contributed by atoms with E-state index in [1.165, 1.54) is 31.4 Å². The van der Waals surface area contributed by atoms with Crippen molar-refractivity contribution >= 4 is 44.1 Å². The summed E-state index contributed by atoms with van der Waals surface area (Å²) in [6.07, 6.45) is 1.54. The van der Waals surface area contributed by atoms with Crippen molar-refractivity contribution in [3.05, 3.63) is 94.9 Å². The molecule has 8 nitrogen and oxygen atoms in total. The summed E-state index contributed by atoms with van der Waals surface area (Å²) in [7, 11) is -2.53. The molecule has 1 aromatic heterocycles. The van der Waals surface area contributed by atoms with E-state index in [0.717, 1.165) is 0 Å². The molecule has 11 heteroatoms. The van der Waals surface area contributed by atoms with Crippen molar-refractivity contribution in [2.45, 2.75) is 11.4 Å². The molecule has 1 amide bonds. The van der Waals surface area contributed by atoms with Crippen LogP contribution in [0.15, 0.2) is 77.8 Å². The first-order chi connectivity index (χ1) is 18.7. The number of nitrogens with one attached hydrogen (secondary N) is 1. The minimum Gasteiger partial charge on any atom is -0.496 e. The van der Waals surface area contributed by atoms with Gasteiger partial charge in [0, 0.05) is 61.0 Å². The van der Waals surface area contributed by atoms with Crippen LogP contribution in [-0.2, 0) is 16.6 Å². The number of carbonyl (C=O) groups excluding carboxylic acids is 1. The van der Waals surface area contributed by atoms with E-state index >= 15 is 0 Å². The lowest BCUT2D eigenvalue weighted by Crippen LogP contribution is -2.48. The quantitative estimate of drug-likeness (QED) is 0.344. The molecule has 0 unspecified atom stereocenters. The Hall–Kier alpha value is -3.73. The minimum atomic E-state index is -3.96. The number of piperazine rings is 1. The Labute approximate surface area is 231 Å². The third kappa shape index (κ3) is 5.83. The molecule has 0 saturated carbocycles. The standard InChI is InChI=1S/C28H26ClFN4O4S/c1-38-25-17-22(32-39(36,37)26-6-2-4-19-5-3-11-31-27(19)26)9-10-23(25)28(35)34-14-12-33(13-15-34)18-20-7-8-21(29)16-24(20)30/h2-11,16-17,32H,12-15,18H2,1H3. The van der Waals surface area contributed by atoms with Crippen molar-refractivity contribution in [3.63, 3.8) is 0 Å². The third-order valence-electron chi connectivity index (χ3n) is 6.64. The lowest BCUT2D eigenvalue weighted by molar-refractivity contribution is 0.0624. The van der Waals surface area contributed by atoms with Gasteiger partial charge in [-0.3, -0.25) is 19.4 Å². The number of amides is 1. The molecule has 3 aromatic carbocycles. The number of methoxy groups -OCH3 is 1. The van der Waals surface area contributed by atoms with Gasteiger partial charge in [0.25, 0.3) is 15.9 Å². The molecule has 0 radical (unpaired) electrons. The number of halogens is 2. The molecule has 1 saturated heterocycles. The molecule has 1 fully saturated rings. The molecule has 0 bridgehead atoms. The number of hydrogen-bond acceptors (Lipinski definition) is 6. The van der Waals surface area contributed by atoms with Crippen molar-refractivity contribution in [1.82, 2.24) is 14.8 Å². The smallest absolute Gasteiger partial charge is 0.264 e. The Morgan fingerprint density at radius 2 is 1.82 bits per heavy atom. The highest BCUT2D eigenvalue weighted by molar-refractivity contribution is 7.93. The summed E-state index contributed by atoms with van der Waals surface area (Å²) < 4.78 is 48.6. The normalized spacial score (nSPS) is 14.4. The maximum Gasteiger partial charge on any atom is 0.264 e. The summed E-state index contributed by atoms with van der Waals surface area (Å²) in [5.74, 6) is -0.322. The van der Waals surface area contributed by atoms with Crippen LogP contribution in [0.2, 0.25) is 5.02 Å². The number of rotatable bonds is 7. The highest BCUT2D eigenvalue weighted by Crippen LogP contribution is 2.28. The van der Waals surface area contributed by atoms with Crippen LogP contribution < -0.4 is 9.46 Å². The van der Waals surface area contributed by atoms with E-state index in [2.05, 4.69) is 14.6 Å². The topological polar surface area (TPSA) is 91.8 Å². The average molecular weight is 569 g/mol. The molecule has 0 spiro atoms. The molecule has 39 heavy (non-hydrogen) atoms. The van der Waals surface area contributed by atoms with Crippen LogP contribution in [-0.4, -0.2) is 62.4 Å². The highest BCUT2D eigenvalue weighted by atomic mass is 35.5. The van der Waals surface area contributed by atoms with Crippen LogP contribution in [0.25, 0.3) is 10.9 Å². The number of hydrogen-bond donors (Lipinski definition) is 1. The van der Waals surface area contributed by atoms with Gasteiger partial charge >= 0.3 is 0 Å². The van der Waals surface area contributed by atoms with Crippen molar-refractivity contribution in [3.8, 4) is 5.75 Å². The van der Waals surface area contributed by atoms with Crippen LogP contribution in [0.5, 0.6) is 5.75 Å². The lowest BCUT2D eigenvalue weighted by atomic mass is 10.1. The molecule has 1 aliphatic rings. The van der Waals surface area contributed by atoms with Crippen LogP contribution in [0.4, 0.5) is 10.1 Å². The Bertz CT molecular complexity index is 1640. The average Bonchev–Trinajstić information content (AvgIpc) is 2.94. The zero-order valence-corrected chi connectivity index (χ0v) is 22.7. The fourth-order valence-electron chi connectivity index (χ4n) is 4.60. The van der Waals surface area contributed by atoms with Gasteiger partial charge in [0.15, 0.2) is 0 Å². The van der Waals surface area contributed by atoms with E-state index < -0.39 is 10.0 Å². The van der Waals surface area contributed by atoms with Crippen LogP contribution in [0.3, 0.4) is 0 Å². The number of fused-ring (bicyclic) bond motifs is 1. The lowest BCUT2D eigenvalue weighted by Gasteiger charge is -2.35. The SMILES string of the molecule is COc1cc(NS(=O)(=O)c2cccc3cccnc23)ccc1C(=O)N1CCN(Cc2ccc(Cl)cc2F)CC1. The fourth-order valence-corrected chi connectivity index (χ4v) is 5.99. The Balaban J connectivity index is 1.28. The molecule has 202 valence electrons. The molecule has 2 heterocycles. The number of anilines is 1. The number of pyridine rings is 1. The second-order valence-corrected chi connectivity index (χ2v) is 11.2. The molecule has 5 rings (SSSR count). The van der Waals surface area contributed by atoms with E-state index in [1.807, 2.05) is 0 Å². The number of para-hydroxylation sites is 1. The number of sulfonamides is 1. The second kappa shape index (κ2) is 11.2. The van der Waals surface area contributed by atoms with Crippen molar-refractivity contribution < 1.29 is 22.3 Å². The zero-order valence-electron chi connectivity index (χ0n) is 21.1. The maximum atomic E-state index is 14.2. The third-order valence-corrected chi connectivity index (χ3v) is 8.29. The van der Waals surface area contributed by atoms with E-state index in [4.69, 9.17) is 16.3 Å². The monoisotopic (exact) mass is 568 g/mol. The van der Waals surface area contributed by atoms with Gasteiger partial charge in [-0.1, -0.05) is 35.9 Å². The Morgan fingerprint density at radius 1 is 1.05 bits per heavy atom. The predicted octanol–water partition coefficient (Wildman–Crippen LogP) is 4.79. The number of benzene rings is 3. The van der Waals surface area contributed by atoms with Crippen molar-refractivity contribution in [1.29, 1.82) is 0 Å². The highest BCUT2D eigenvalue weighted by Gasteiger charge is 2.26. The summed E-state index contributed by atoms with van der Waals surface area (Å²) in [5, 5.41) is 1.06. The van der Waals surface area contributed by atoms with Gasteiger partial charge < -0.3 is 9.64 Å². The van der Waals surface area contributed by atoms with Crippen molar-refractivity contribution in [2.24, 2.45) is 0 Å².